The summed E-state index contributed by atoms with van der Waals surface area (Å²) in [5.41, 5.74) is 7.20. The number of anilines is 1. The second-order valence-corrected chi connectivity index (χ2v) is 5.42. The Hall–Kier alpha value is -1.75. The minimum Gasteiger partial charge on any atom is -0.497 e. The van der Waals surface area contributed by atoms with E-state index in [1.165, 1.54) is 0 Å². The summed E-state index contributed by atoms with van der Waals surface area (Å²) < 4.78 is 5.30. The summed E-state index contributed by atoms with van der Waals surface area (Å²) in [6.45, 7) is 2.86. The number of methoxy groups -OCH3 is 1. The number of guanidine groups is 1. The van der Waals surface area contributed by atoms with E-state index < -0.39 is 0 Å². The van der Waals surface area contributed by atoms with Gasteiger partial charge in [-0.25, -0.2) is 0 Å². The lowest BCUT2D eigenvalue weighted by atomic mass is 9.97. The second kappa shape index (κ2) is 4.42. The number of benzene rings is 1. The molecule has 19 heavy (non-hydrogen) atoms. The fourth-order valence-electron chi connectivity index (χ4n) is 3.14. The molecule has 2 heterocycles. The van der Waals surface area contributed by atoms with Gasteiger partial charge in [0.05, 0.1) is 19.2 Å². The van der Waals surface area contributed by atoms with Crippen LogP contribution in [0, 0.1) is 0 Å². The molecule has 2 aliphatic rings. The topological polar surface area (TPSA) is 54.1 Å². The first-order valence-corrected chi connectivity index (χ1v) is 6.57. The minimum atomic E-state index is 0.0190. The van der Waals surface area contributed by atoms with Gasteiger partial charge in [-0.3, -0.25) is 4.99 Å². The van der Waals surface area contributed by atoms with Gasteiger partial charge in [0.15, 0.2) is 5.96 Å². The third kappa shape index (κ3) is 1.94. The Morgan fingerprint density at radius 2 is 2.26 bits per heavy atom. The first-order chi connectivity index (χ1) is 9.14. The minimum absolute atomic E-state index is 0.0190. The van der Waals surface area contributed by atoms with Crippen molar-refractivity contribution in [3.05, 3.63) is 24.3 Å². The largest absolute Gasteiger partial charge is 0.497 e. The van der Waals surface area contributed by atoms with E-state index in [0.29, 0.717) is 5.96 Å². The van der Waals surface area contributed by atoms with Gasteiger partial charge < -0.3 is 20.3 Å². The van der Waals surface area contributed by atoms with Crippen LogP contribution in [-0.2, 0) is 0 Å². The lowest BCUT2D eigenvalue weighted by molar-refractivity contribution is 0.378. The molecule has 0 saturated carbocycles. The number of rotatable bonds is 2. The molecule has 0 bridgehead atoms. The smallest absolute Gasteiger partial charge is 0.196 e. The van der Waals surface area contributed by atoms with Crippen molar-refractivity contribution >= 4 is 11.6 Å². The summed E-state index contributed by atoms with van der Waals surface area (Å²) in [5, 5.41) is 0. The van der Waals surface area contributed by atoms with Crippen LogP contribution in [0.1, 0.15) is 6.42 Å². The zero-order valence-corrected chi connectivity index (χ0v) is 11.5. The standard InChI is InChI=1S/C14H20N4O/c1-17-7-6-14(10-17)9-16-13(15)18(14)11-4-3-5-12(8-11)19-2/h3-5,8H,6-7,9-10H2,1-2H3,(H2,15,16). The third-order valence-corrected chi connectivity index (χ3v) is 4.07. The summed E-state index contributed by atoms with van der Waals surface area (Å²) in [6.07, 6.45) is 1.09. The molecule has 5 nitrogen and oxygen atoms in total. The molecular formula is C14H20N4O. The Kier molecular flexibility index (Phi) is 2.86. The molecule has 1 saturated heterocycles. The van der Waals surface area contributed by atoms with Gasteiger partial charge >= 0.3 is 0 Å². The quantitative estimate of drug-likeness (QED) is 0.858. The molecule has 2 N–H and O–H groups in total. The van der Waals surface area contributed by atoms with Gasteiger partial charge in [0, 0.05) is 24.8 Å². The maximum absolute atomic E-state index is 6.12. The van der Waals surface area contributed by atoms with Gasteiger partial charge in [-0.1, -0.05) is 6.07 Å². The highest BCUT2D eigenvalue weighted by Gasteiger charge is 2.47. The molecule has 1 aromatic rings. The van der Waals surface area contributed by atoms with Crippen LogP contribution >= 0.6 is 0 Å². The Balaban J connectivity index is 1.98. The van der Waals surface area contributed by atoms with Crippen molar-refractivity contribution in [2.24, 2.45) is 10.7 Å². The number of hydrogen-bond donors (Lipinski definition) is 1. The van der Waals surface area contributed by atoms with Crippen molar-refractivity contribution in [3.63, 3.8) is 0 Å². The number of aliphatic imine (C=N–C) groups is 1. The summed E-state index contributed by atoms with van der Waals surface area (Å²) in [6, 6.07) is 8.02. The molecule has 102 valence electrons. The normalized spacial score (nSPS) is 27.1. The van der Waals surface area contributed by atoms with Gasteiger partial charge in [0.1, 0.15) is 5.75 Å². The van der Waals surface area contributed by atoms with E-state index in [0.717, 1.165) is 37.5 Å². The Morgan fingerprint density at radius 1 is 1.42 bits per heavy atom. The van der Waals surface area contributed by atoms with Crippen molar-refractivity contribution in [3.8, 4) is 5.75 Å². The Labute approximate surface area is 113 Å². The van der Waals surface area contributed by atoms with Crippen LogP contribution < -0.4 is 15.4 Å². The molecule has 0 aliphatic carbocycles. The van der Waals surface area contributed by atoms with Crippen LogP contribution in [0.25, 0.3) is 0 Å². The summed E-state index contributed by atoms with van der Waals surface area (Å²) in [5.74, 6) is 1.46. The predicted molar refractivity (Wildman–Crippen MR) is 76.8 cm³/mol. The average Bonchev–Trinajstić information content (AvgIpc) is 2.94. The summed E-state index contributed by atoms with van der Waals surface area (Å²) in [7, 11) is 3.83. The van der Waals surface area contributed by atoms with E-state index in [1.54, 1.807) is 7.11 Å². The van der Waals surface area contributed by atoms with Crippen LogP contribution in [-0.4, -0.2) is 50.2 Å². The van der Waals surface area contributed by atoms with Gasteiger partial charge in [0.25, 0.3) is 0 Å². The first kappa shape index (κ1) is 12.3. The van der Waals surface area contributed by atoms with Crippen molar-refractivity contribution in [1.29, 1.82) is 0 Å². The van der Waals surface area contributed by atoms with Crippen LogP contribution in [0.4, 0.5) is 5.69 Å². The maximum atomic E-state index is 6.12. The molecule has 1 aromatic carbocycles. The zero-order valence-electron chi connectivity index (χ0n) is 11.5. The lowest BCUT2D eigenvalue weighted by Crippen LogP contribution is -2.53. The Morgan fingerprint density at radius 3 is 2.95 bits per heavy atom. The molecular weight excluding hydrogens is 240 g/mol. The van der Waals surface area contributed by atoms with E-state index in [9.17, 15) is 0 Å². The molecule has 2 aliphatic heterocycles. The second-order valence-electron chi connectivity index (χ2n) is 5.42. The molecule has 5 heteroatoms. The number of hydrogen-bond acceptors (Lipinski definition) is 5. The first-order valence-electron chi connectivity index (χ1n) is 6.57. The molecule has 1 fully saturated rings. The number of ether oxygens (including phenoxy) is 1. The molecule has 1 atom stereocenters. The molecule has 1 spiro atoms. The maximum Gasteiger partial charge on any atom is 0.196 e. The van der Waals surface area contributed by atoms with Crippen LogP contribution in [0.3, 0.4) is 0 Å². The lowest BCUT2D eigenvalue weighted by Gasteiger charge is -2.36. The number of likely N-dealkylation sites (N-methyl/N-ethyl adjacent to an activating group) is 1. The van der Waals surface area contributed by atoms with Gasteiger partial charge in [-0.05, 0) is 25.6 Å². The van der Waals surface area contributed by atoms with Crippen LogP contribution in [0.15, 0.2) is 29.3 Å². The molecule has 0 aromatic heterocycles. The van der Waals surface area contributed by atoms with E-state index in [2.05, 4.69) is 27.9 Å². The predicted octanol–water partition coefficient (Wildman–Crippen LogP) is 0.904. The highest BCUT2D eigenvalue weighted by molar-refractivity contribution is 5.98. The monoisotopic (exact) mass is 260 g/mol. The van der Waals surface area contributed by atoms with Gasteiger partial charge in [-0.15, -0.1) is 0 Å². The fraction of sp³-hybridized carbons (Fsp3) is 0.500. The molecule has 0 radical (unpaired) electrons. The van der Waals surface area contributed by atoms with E-state index in [-0.39, 0.29) is 5.54 Å². The summed E-state index contributed by atoms with van der Waals surface area (Å²) in [4.78, 5) is 8.99. The fourth-order valence-corrected chi connectivity index (χ4v) is 3.14. The average molecular weight is 260 g/mol. The van der Waals surface area contributed by atoms with Crippen molar-refractivity contribution in [1.82, 2.24) is 4.90 Å². The van der Waals surface area contributed by atoms with E-state index in [1.807, 2.05) is 18.2 Å². The highest BCUT2D eigenvalue weighted by Crippen LogP contribution is 2.36. The zero-order chi connectivity index (χ0) is 13.5. The number of nitrogens with two attached hydrogens (primary N) is 1. The van der Waals surface area contributed by atoms with Crippen molar-refractivity contribution in [2.75, 3.05) is 38.7 Å². The van der Waals surface area contributed by atoms with Crippen LogP contribution in [0.2, 0.25) is 0 Å². The Bertz CT molecular complexity index is 516. The molecule has 3 rings (SSSR count). The molecule has 0 amide bonds. The SMILES string of the molecule is COc1cccc(N2C(N)=NCC23CCN(C)C3)c1. The summed E-state index contributed by atoms with van der Waals surface area (Å²) >= 11 is 0. The van der Waals surface area contributed by atoms with E-state index in [4.69, 9.17) is 10.5 Å². The number of likely N-dealkylation sites (tertiary alicyclic amines) is 1. The highest BCUT2D eigenvalue weighted by atomic mass is 16.5. The van der Waals surface area contributed by atoms with Gasteiger partial charge in [0.2, 0.25) is 0 Å². The van der Waals surface area contributed by atoms with Crippen molar-refractivity contribution in [2.45, 2.75) is 12.0 Å². The number of nitrogens with zero attached hydrogens (tertiary/aromatic N) is 3. The van der Waals surface area contributed by atoms with E-state index >= 15 is 0 Å². The third-order valence-electron chi connectivity index (χ3n) is 4.07. The van der Waals surface area contributed by atoms with Crippen molar-refractivity contribution < 1.29 is 4.74 Å². The van der Waals surface area contributed by atoms with Crippen LogP contribution in [0.5, 0.6) is 5.75 Å². The molecule has 1 unspecified atom stereocenters. The van der Waals surface area contributed by atoms with Gasteiger partial charge in [-0.2, -0.15) is 0 Å².